The topological polar surface area (TPSA) is 6.48 Å². The monoisotopic (exact) mass is 560 g/mol. The summed E-state index contributed by atoms with van der Waals surface area (Å²) in [4.78, 5) is 5.01. The predicted molar refractivity (Wildman–Crippen MR) is 177 cm³/mol. The molecule has 0 saturated carbocycles. The summed E-state index contributed by atoms with van der Waals surface area (Å²) in [7, 11) is 0. The van der Waals surface area contributed by atoms with Crippen molar-refractivity contribution < 1.29 is 4.39 Å². The zero-order chi connectivity index (χ0) is 29.3. The van der Waals surface area contributed by atoms with E-state index in [-0.39, 0.29) is 5.82 Å². The van der Waals surface area contributed by atoms with E-state index in [0.717, 1.165) is 63.5 Å². The first kappa shape index (κ1) is 29.8. The van der Waals surface area contributed by atoms with Gasteiger partial charge in [-0.05, 0) is 128 Å². The van der Waals surface area contributed by atoms with Gasteiger partial charge in [0.1, 0.15) is 5.82 Å². The van der Waals surface area contributed by atoms with Crippen LogP contribution in [0.3, 0.4) is 0 Å². The van der Waals surface area contributed by atoms with E-state index in [9.17, 15) is 4.39 Å². The second-order valence-corrected chi connectivity index (χ2v) is 11.9. The Morgan fingerprint density at radius 3 is 2.48 bits per heavy atom. The molecular weight excluding hydrogens is 515 g/mol. The van der Waals surface area contributed by atoms with Crippen molar-refractivity contribution in [2.75, 3.05) is 24.5 Å². The summed E-state index contributed by atoms with van der Waals surface area (Å²) in [5, 5.41) is 0. The fourth-order valence-corrected chi connectivity index (χ4v) is 6.40. The maximum absolute atomic E-state index is 13.6. The van der Waals surface area contributed by atoms with Gasteiger partial charge < -0.3 is 4.90 Å². The van der Waals surface area contributed by atoms with Gasteiger partial charge in [0.25, 0.3) is 0 Å². The van der Waals surface area contributed by atoms with Gasteiger partial charge in [-0.25, -0.2) is 4.39 Å². The molecule has 0 N–H and O–H groups in total. The minimum atomic E-state index is -0.190. The van der Waals surface area contributed by atoms with Crippen molar-refractivity contribution in [1.82, 2.24) is 4.90 Å². The molecule has 2 aliphatic heterocycles. The highest BCUT2D eigenvalue weighted by atomic mass is 19.1. The minimum absolute atomic E-state index is 0.190. The normalized spacial score (nSPS) is 16.5. The Kier molecular flexibility index (Phi) is 10.3. The number of likely N-dealkylation sites (tertiary alicyclic amines) is 1. The number of benzene rings is 3. The highest BCUT2D eigenvalue weighted by Gasteiger charge is 2.21. The van der Waals surface area contributed by atoms with E-state index < -0.39 is 0 Å². The first-order valence-corrected chi connectivity index (χ1v) is 15.6. The van der Waals surface area contributed by atoms with Crippen LogP contribution in [0.5, 0.6) is 0 Å². The summed E-state index contributed by atoms with van der Waals surface area (Å²) in [6, 6.07) is 22.7. The van der Waals surface area contributed by atoms with Crippen molar-refractivity contribution >= 4 is 11.3 Å². The van der Waals surface area contributed by atoms with Gasteiger partial charge in [-0.2, -0.15) is 0 Å². The van der Waals surface area contributed by atoms with Crippen LogP contribution in [-0.4, -0.2) is 24.5 Å². The summed E-state index contributed by atoms with van der Waals surface area (Å²) in [6.45, 7) is 15.5. The van der Waals surface area contributed by atoms with Crippen LogP contribution < -0.4 is 4.90 Å². The van der Waals surface area contributed by atoms with Crippen LogP contribution in [0.4, 0.5) is 10.1 Å². The third-order valence-electron chi connectivity index (χ3n) is 8.99. The lowest BCUT2D eigenvalue weighted by atomic mass is 9.88. The smallest absolute Gasteiger partial charge is 0.123 e. The molecular formula is C39H45FN2. The van der Waals surface area contributed by atoms with E-state index in [0.29, 0.717) is 0 Å². The quantitative estimate of drug-likeness (QED) is 0.228. The molecule has 0 aromatic heterocycles. The van der Waals surface area contributed by atoms with E-state index in [1.54, 1.807) is 12.1 Å². The molecule has 3 aromatic rings. The van der Waals surface area contributed by atoms with E-state index in [2.05, 4.69) is 83.7 Å². The SMILES string of the molecule is C=C/C(=C\C=C/C)CN1CCC(CCC(=C)c2ccc3c(c2)CN(Cc2ccc(F)cc2)c2ccccc2CC3)CC1. The van der Waals surface area contributed by atoms with Crippen molar-refractivity contribution in [2.24, 2.45) is 5.92 Å². The van der Waals surface area contributed by atoms with Crippen LogP contribution in [0.2, 0.25) is 0 Å². The third kappa shape index (κ3) is 7.77. The number of rotatable bonds is 10. The molecule has 0 unspecified atom stereocenters. The second-order valence-electron chi connectivity index (χ2n) is 11.9. The lowest BCUT2D eigenvalue weighted by Crippen LogP contribution is -2.34. The van der Waals surface area contributed by atoms with Crippen molar-refractivity contribution in [1.29, 1.82) is 0 Å². The number of nitrogens with zero attached hydrogens (tertiary/aromatic N) is 2. The number of anilines is 1. The molecule has 5 rings (SSSR count). The van der Waals surface area contributed by atoms with Gasteiger partial charge in [0.05, 0.1) is 0 Å². The van der Waals surface area contributed by atoms with E-state index in [4.69, 9.17) is 0 Å². The summed E-state index contributed by atoms with van der Waals surface area (Å²) in [5.74, 6) is 0.571. The molecule has 2 aliphatic rings. The Morgan fingerprint density at radius 2 is 1.71 bits per heavy atom. The summed E-state index contributed by atoms with van der Waals surface area (Å²) >= 11 is 0. The van der Waals surface area contributed by atoms with Crippen LogP contribution in [0, 0.1) is 11.7 Å². The molecule has 0 atom stereocenters. The number of aryl methyl sites for hydroxylation is 2. The molecule has 42 heavy (non-hydrogen) atoms. The van der Waals surface area contributed by atoms with Crippen molar-refractivity contribution in [3.05, 3.63) is 143 Å². The molecule has 0 aliphatic carbocycles. The van der Waals surface area contributed by atoms with Gasteiger partial charge in [0.2, 0.25) is 0 Å². The van der Waals surface area contributed by atoms with Gasteiger partial charge >= 0.3 is 0 Å². The fourth-order valence-electron chi connectivity index (χ4n) is 6.40. The predicted octanol–water partition coefficient (Wildman–Crippen LogP) is 9.33. The molecule has 1 saturated heterocycles. The summed E-state index contributed by atoms with van der Waals surface area (Å²) in [6.07, 6.45) is 15.1. The Hall–Kier alpha value is -3.69. The van der Waals surface area contributed by atoms with E-state index >= 15 is 0 Å². The maximum Gasteiger partial charge on any atom is 0.123 e. The highest BCUT2D eigenvalue weighted by molar-refractivity contribution is 5.65. The second kappa shape index (κ2) is 14.5. The van der Waals surface area contributed by atoms with Gasteiger partial charge in [0.15, 0.2) is 0 Å². The third-order valence-corrected chi connectivity index (χ3v) is 8.99. The zero-order valence-electron chi connectivity index (χ0n) is 25.2. The van der Waals surface area contributed by atoms with Crippen LogP contribution >= 0.6 is 0 Å². The van der Waals surface area contributed by atoms with Crippen molar-refractivity contribution in [3.63, 3.8) is 0 Å². The molecule has 3 aromatic carbocycles. The number of hydrogen-bond donors (Lipinski definition) is 0. The van der Waals surface area contributed by atoms with E-state index in [1.165, 1.54) is 58.3 Å². The molecule has 218 valence electrons. The summed E-state index contributed by atoms with van der Waals surface area (Å²) in [5.41, 5.74) is 10.4. The van der Waals surface area contributed by atoms with Crippen LogP contribution in [0.15, 0.2) is 110 Å². The molecule has 0 spiro atoms. The summed E-state index contributed by atoms with van der Waals surface area (Å²) < 4.78 is 13.6. The van der Waals surface area contributed by atoms with Crippen molar-refractivity contribution in [3.8, 4) is 0 Å². The average Bonchev–Trinajstić information content (AvgIpc) is 3.01. The Morgan fingerprint density at radius 1 is 0.952 bits per heavy atom. The van der Waals surface area contributed by atoms with Crippen LogP contribution in [0.1, 0.15) is 60.4 Å². The molecule has 1 fully saturated rings. The largest absolute Gasteiger partial charge is 0.363 e. The molecule has 0 amide bonds. The molecule has 2 heterocycles. The number of fused-ring (bicyclic) bond motifs is 2. The lowest BCUT2D eigenvalue weighted by Gasteiger charge is -2.32. The van der Waals surface area contributed by atoms with Gasteiger partial charge in [0, 0.05) is 25.3 Å². The number of piperidine rings is 1. The standard InChI is InChI=1S/C39H45FN2/c1-4-6-9-31(5-2)27-41-24-22-32(23-25-41)13-12-30(3)36-19-17-34-16-18-35-10-7-8-11-39(35)42(29-37(34)26-36)28-33-14-20-38(40)21-15-33/h4-11,14-15,17,19-21,26,32H,2-3,12-13,16,18,22-25,27-29H2,1H3/b6-4-,31-9+. The first-order chi connectivity index (χ1) is 20.5. The minimum Gasteiger partial charge on any atom is -0.363 e. The van der Waals surface area contributed by atoms with Gasteiger partial charge in [-0.1, -0.05) is 79.9 Å². The Bertz CT molecular complexity index is 1420. The average molecular weight is 561 g/mol. The Balaban J connectivity index is 1.22. The van der Waals surface area contributed by atoms with E-state index in [1.807, 2.05) is 25.1 Å². The van der Waals surface area contributed by atoms with Gasteiger partial charge in [-0.15, -0.1) is 0 Å². The number of hydrogen-bond acceptors (Lipinski definition) is 2. The Labute approximate surface area is 252 Å². The fraction of sp³-hybridized carbons (Fsp3) is 0.333. The molecule has 0 radical (unpaired) electrons. The molecule has 0 bridgehead atoms. The highest BCUT2D eigenvalue weighted by Crippen LogP contribution is 2.32. The first-order valence-electron chi connectivity index (χ1n) is 15.6. The molecule has 3 heteroatoms. The maximum atomic E-state index is 13.6. The molecule has 2 nitrogen and oxygen atoms in total. The number of allylic oxidation sites excluding steroid dienone is 4. The van der Waals surface area contributed by atoms with Crippen LogP contribution in [-0.2, 0) is 25.9 Å². The number of para-hydroxylation sites is 1. The number of halogens is 1. The van der Waals surface area contributed by atoms with Gasteiger partial charge in [-0.3, -0.25) is 4.90 Å². The van der Waals surface area contributed by atoms with Crippen molar-refractivity contribution in [2.45, 2.75) is 58.5 Å². The zero-order valence-corrected chi connectivity index (χ0v) is 25.2. The van der Waals surface area contributed by atoms with Crippen LogP contribution in [0.25, 0.3) is 5.57 Å². The lowest BCUT2D eigenvalue weighted by molar-refractivity contribution is 0.193.